The highest BCUT2D eigenvalue weighted by Crippen LogP contribution is 2.08. The third-order valence-corrected chi connectivity index (χ3v) is 3.72. The van der Waals surface area contributed by atoms with Crippen molar-refractivity contribution in [2.45, 2.75) is 19.9 Å². The van der Waals surface area contributed by atoms with E-state index < -0.39 is 0 Å². The zero-order valence-electron chi connectivity index (χ0n) is 14.9. The summed E-state index contributed by atoms with van der Waals surface area (Å²) in [6.45, 7) is 3.89. The number of hydrogen-bond donors (Lipinski definition) is 2. The van der Waals surface area contributed by atoms with Gasteiger partial charge in [-0.1, -0.05) is 42.5 Å². The van der Waals surface area contributed by atoms with Crippen molar-refractivity contribution in [1.82, 2.24) is 5.32 Å². The van der Waals surface area contributed by atoms with E-state index in [1.165, 1.54) is 0 Å². The van der Waals surface area contributed by atoms with Crippen molar-refractivity contribution in [2.75, 3.05) is 20.3 Å². The first-order valence-electron chi connectivity index (χ1n) is 8.05. The summed E-state index contributed by atoms with van der Waals surface area (Å²) < 4.78 is 5.09. The summed E-state index contributed by atoms with van der Waals surface area (Å²) in [5, 5.41) is 11.8. The number of likely N-dealkylation sites (N-methyl/N-ethyl adjacent to an activating group) is 1. The monoisotopic (exact) mass is 343 g/mol. The second-order valence-electron chi connectivity index (χ2n) is 5.56. The molecule has 0 heterocycles. The maximum absolute atomic E-state index is 11.7. The molecule has 0 amide bonds. The van der Waals surface area contributed by atoms with Crippen LogP contribution in [0.4, 0.5) is 0 Å². The Balaban J connectivity index is 0.000000293. The molecule has 134 valence electrons. The molecule has 2 rings (SSSR count). The van der Waals surface area contributed by atoms with Gasteiger partial charge in [0.2, 0.25) is 0 Å². The molecule has 5 nitrogen and oxygen atoms in total. The minimum Gasteiger partial charge on any atom is -0.460 e. The van der Waals surface area contributed by atoms with E-state index in [4.69, 9.17) is 9.84 Å². The number of nitrogens with one attached hydrogen (secondary N) is 1. The number of aldehydes is 1. The molecule has 0 aromatic heterocycles. The molecule has 2 aromatic rings. The van der Waals surface area contributed by atoms with Crippen molar-refractivity contribution in [1.29, 1.82) is 0 Å². The Morgan fingerprint density at radius 1 is 1.12 bits per heavy atom. The number of carbonyl (C=O) groups is 2. The van der Waals surface area contributed by atoms with Gasteiger partial charge in [-0.15, -0.1) is 0 Å². The predicted octanol–water partition coefficient (Wildman–Crippen LogP) is 2.54. The summed E-state index contributed by atoms with van der Waals surface area (Å²) in [5.41, 5.74) is 3.26. The molecule has 0 radical (unpaired) electrons. The van der Waals surface area contributed by atoms with Gasteiger partial charge < -0.3 is 15.2 Å². The molecule has 0 fully saturated rings. The molecule has 0 spiro atoms. The van der Waals surface area contributed by atoms with Crippen LogP contribution in [0.15, 0.2) is 48.5 Å². The normalized spacial score (nSPS) is 11.0. The van der Waals surface area contributed by atoms with Crippen molar-refractivity contribution >= 4 is 12.3 Å². The van der Waals surface area contributed by atoms with Gasteiger partial charge in [0.25, 0.3) is 0 Å². The lowest BCUT2D eigenvalue weighted by Crippen LogP contribution is -2.34. The van der Waals surface area contributed by atoms with Crippen LogP contribution >= 0.6 is 0 Å². The molecule has 2 N–H and O–H groups in total. The molecule has 0 saturated heterocycles. The second-order valence-corrected chi connectivity index (χ2v) is 5.56. The van der Waals surface area contributed by atoms with Crippen LogP contribution in [0.2, 0.25) is 0 Å². The van der Waals surface area contributed by atoms with E-state index in [2.05, 4.69) is 5.32 Å². The second kappa shape index (κ2) is 11.1. The summed E-state index contributed by atoms with van der Waals surface area (Å²) in [7, 11) is 1.71. The van der Waals surface area contributed by atoms with Crippen LogP contribution in [-0.2, 0) is 4.74 Å². The van der Waals surface area contributed by atoms with Gasteiger partial charge in [-0.05, 0) is 38.1 Å². The minimum absolute atomic E-state index is 0.0580. The minimum atomic E-state index is -0.355. The third-order valence-electron chi connectivity index (χ3n) is 3.72. The van der Waals surface area contributed by atoms with E-state index in [0.717, 1.165) is 23.0 Å². The van der Waals surface area contributed by atoms with E-state index in [9.17, 15) is 9.59 Å². The van der Waals surface area contributed by atoms with E-state index in [1.54, 1.807) is 19.2 Å². The summed E-state index contributed by atoms with van der Waals surface area (Å²) in [5.74, 6) is -0.355. The van der Waals surface area contributed by atoms with Crippen LogP contribution in [0.3, 0.4) is 0 Å². The summed E-state index contributed by atoms with van der Waals surface area (Å²) in [6, 6.07) is 14.5. The Hall–Kier alpha value is -2.50. The smallest absolute Gasteiger partial charge is 0.338 e. The fourth-order valence-electron chi connectivity index (χ4n) is 2.00. The molecule has 0 aliphatic heterocycles. The van der Waals surface area contributed by atoms with Gasteiger partial charge in [0.05, 0.1) is 18.2 Å². The maximum atomic E-state index is 11.7. The van der Waals surface area contributed by atoms with E-state index in [1.807, 2.05) is 50.2 Å². The van der Waals surface area contributed by atoms with Crippen molar-refractivity contribution in [3.8, 4) is 0 Å². The molecule has 1 atom stereocenters. The number of benzene rings is 2. The Morgan fingerprint density at radius 3 is 2.20 bits per heavy atom. The zero-order chi connectivity index (χ0) is 18.7. The van der Waals surface area contributed by atoms with Gasteiger partial charge in [-0.3, -0.25) is 4.79 Å². The Bertz CT molecular complexity index is 681. The standard InChI is InChI=1S/C12H17NO3.C8H8O/c1-9-5-3-4-6-11(9)12(15)16-8-10(7-14)13-2;1-7-4-2-3-5-8(7)6-9/h3-6,10,13-14H,7-8H2,1-2H3;2-6H,1H3. The molecule has 0 aliphatic carbocycles. The molecular weight excluding hydrogens is 318 g/mol. The summed E-state index contributed by atoms with van der Waals surface area (Å²) in [4.78, 5) is 21.9. The molecule has 0 saturated carbocycles. The molecule has 1 unspecified atom stereocenters. The first kappa shape index (κ1) is 20.5. The van der Waals surface area contributed by atoms with E-state index in [0.29, 0.717) is 5.56 Å². The highest BCUT2D eigenvalue weighted by Gasteiger charge is 2.12. The van der Waals surface area contributed by atoms with Crippen LogP contribution in [0.1, 0.15) is 31.8 Å². The number of aryl methyl sites for hydroxylation is 2. The van der Waals surface area contributed by atoms with Crippen LogP contribution in [-0.4, -0.2) is 43.7 Å². The predicted molar refractivity (Wildman–Crippen MR) is 98.0 cm³/mol. The van der Waals surface area contributed by atoms with Crippen molar-refractivity contribution in [3.05, 3.63) is 70.8 Å². The third kappa shape index (κ3) is 6.87. The van der Waals surface area contributed by atoms with Crippen LogP contribution in [0.25, 0.3) is 0 Å². The lowest BCUT2D eigenvalue weighted by molar-refractivity contribution is 0.0434. The molecule has 0 aliphatic rings. The number of carbonyl (C=O) groups excluding carboxylic acids is 2. The molecular formula is C20H25NO4. The van der Waals surface area contributed by atoms with Crippen LogP contribution in [0.5, 0.6) is 0 Å². The number of esters is 1. The van der Waals surface area contributed by atoms with Gasteiger partial charge >= 0.3 is 5.97 Å². The average molecular weight is 343 g/mol. The van der Waals surface area contributed by atoms with Gasteiger partial charge in [-0.25, -0.2) is 4.79 Å². The average Bonchev–Trinajstić information content (AvgIpc) is 2.63. The van der Waals surface area contributed by atoms with Gasteiger partial charge in [-0.2, -0.15) is 0 Å². The molecule has 2 aromatic carbocycles. The van der Waals surface area contributed by atoms with Crippen molar-refractivity contribution < 1.29 is 19.4 Å². The number of ether oxygens (including phenoxy) is 1. The topological polar surface area (TPSA) is 75.6 Å². The SMILES string of the molecule is CNC(CO)COC(=O)c1ccccc1C.Cc1ccccc1C=O. The number of aliphatic hydroxyl groups excluding tert-OH is 1. The van der Waals surface area contributed by atoms with Gasteiger partial charge in [0, 0.05) is 5.56 Å². The number of hydrogen-bond acceptors (Lipinski definition) is 5. The lowest BCUT2D eigenvalue weighted by Gasteiger charge is -2.13. The fraction of sp³-hybridized carbons (Fsp3) is 0.300. The quantitative estimate of drug-likeness (QED) is 0.623. The lowest BCUT2D eigenvalue weighted by atomic mass is 10.1. The Kier molecular flexibility index (Phi) is 9.14. The van der Waals surface area contributed by atoms with Crippen LogP contribution < -0.4 is 5.32 Å². The van der Waals surface area contributed by atoms with Gasteiger partial charge in [0.1, 0.15) is 12.9 Å². The number of rotatable bonds is 6. The summed E-state index contributed by atoms with van der Waals surface area (Å²) >= 11 is 0. The highest BCUT2D eigenvalue weighted by molar-refractivity contribution is 5.90. The fourth-order valence-corrected chi connectivity index (χ4v) is 2.00. The first-order chi connectivity index (χ1) is 12.0. The molecule has 0 bridgehead atoms. The summed E-state index contributed by atoms with van der Waals surface area (Å²) in [6.07, 6.45) is 0.870. The van der Waals surface area contributed by atoms with E-state index in [-0.39, 0.29) is 25.2 Å². The van der Waals surface area contributed by atoms with Crippen molar-refractivity contribution in [2.24, 2.45) is 0 Å². The molecule has 5 heteroatoms. The largest absolute Gasteiger partial charge is 0.460 e. The molecule has 25 heavy (non-hydrogen) atoms. The Labute approximate surface area is 148 Å². The number of aliphatic hydroxyl groups is 1. The van der Waals surface area contributed by atoms with Crippen molar-refractivity contribution in [3.63, 3.8) is 0 Å². The Morgan fingerprint density at radius 2 is 1.72 bits per heavy atom. The first-order valence-corrected chi connectivity index (χ1v) is 8.05. The zero-order valence-corrected chi connectivity index (χ0v) is 14.9. The maximum Gasteiger partial charge on any atom is 0.338 e. The van der Waals surface area contributed by atoms with E-state index >= 15 is 0 Å². The highest BCUT2D eigenvalue weighted by atomic mass is 16.5. The van der Waals surface area contributed by atoms with Gasteiger partial charge in [0.15, 0.2) is 0 Å². The van der Waals surface area contributed by atoms with Crippen LogP contribution in [0, 0.1) is 13.8 Å².